The lowest BCUT2D eigenvalue weighted by Gasteiger charge is -2.49. The maximum absolute atomic E-state index is 14.5. The van der Waals surface area contributed by atoms with Crippen molar-refractivity contribution in [2.45, 2.75) is 83.7 Å². The van der Waals surface area contributed by atoms with Crippen LogP contribution < -0.4 is 0 Å². The number of fused-ring (bicyclic) bond motifs is 2. The van der Waals surface area contributed by atoms with E-state index in [1.807, 2.05) is 6.92 Å². The third kappa shape index (κ3) is 3.00. The average Bonchev–Trinajstić information content (AvgIpc) is 2.47. The minimum atomic E-state index is -1.30. The second-order valence-corrected chi connectivity index (χ2v) is 6.58. The smallest absolute Gasteiger partial charge is 0.306 e. The van der Waals surface area contributed by atoms with Gasteiger partial charge in [0.2, 0.25) is 0 Å². The van der Waals surface area contributed by atoms with Crippen LogP contribution in [0.2, 0.25) is 0 Å². The van der Waals surface area contributed by atoms with E-state index >= 15 is 0 Å². The largest absolute Gasteiger partial charge is 0.452 e. The minimum absolute atomic E-state index is 0.296. The first-order valence-corrected chi connectivity index (χ1v) is 8.28. The van der Waals surface area contributed by atoms with Gasteiger partial charge in [-0.15, -0.1) is 0 Å². The van der Waals surface area contributed by atoms with Crippen LogP contribution in [0.25, 0.3) is 0 Å². The van der Waals surface area contributed by atoms with Crippen LogP contribution in [0, 0.1) is 5.41 Å². The molecule has 120 valence electrons. The van der Waals surface area contributed by atoms with Crippen molar-refractivity contribution < 1.29 is 18.3 Å². The predicted molar refractivity (Wildman–Crippen MR) is 78.0 cm³/mol. The van der Waals surface area contributed by atoms with Gasteiger partial charge in [-0.3, -0.25) is 4.79 Å². The predicted octanol–water partition coefficient (Wildman–Crippen LogP) is 5.37. The van der Waals surface area contributed by atoms with Crippen molar-refractivity contribution in [1.82, 2.24) is 0 Å². The van der Waals surface area contributed by atoms with Gasteiger partial charge in [-0.05, 0) is 38.5 Å². The molecule has 2 nitrogen and oxygen atoms in total. The SMILES string of the molecule is CCCCCC(=O)OC12CCC(CCC)(CC1)C(F)=C2F. The number of carbonyl (C=O) groups excluding carboxylic acids is 1. The quantitative estimate of drug-likeness (QED) is 0.466. The Bertz CT molecular complexity index is 421. The number of rotatable bonds is 7. The lowest BCUT2D eigenvalue weighted by Crippen LogP contribution is -2.49. The van der Waals surface area contributed by atoms with E-state index in [9.17, 15) is 13.6 Å². The summed E-state index contributed by atoms with van der Waals surface area (Å²) in [6.07, 6.45) is 6.54. The number of unbranched alkanes of at least 4 members (excludes halogenated alkanes) is 2. The lowest BCUT2D eigenvalue weighted by atomic mass is 9.60. The van der Waals surface area contributed by atoms with Crippen molar-refractivity contribution in [3.63, 3.8) is 0 Å². The van der Waals surface area contributed by atoms with Crippen molar-refractivity contribution >= 4 is 5.97 Å². The molecule has 0 aromatic heterocycles. The molecule has 0 aromatic carbocycles. The summed E-state index contributed by atoms with van der Waals surface area (Å²) in [4.78, 5) is 11.9. The molecule has 0 aliphatic heterocycles. The standard InChI is InChI=1S/C17H26F2O2/c1-3-5-6-7-13(20)21-17-11-9-16(8-4-2,10-12-17)14(18)15(17)19/h3-12H2,1-2H3. The molecule has 0 spiro atoms. The van der Waals surface area contributed by atoms with Gasteiger partial charge in [-0.2, -0.15) is 0 Å². The van der Waals surface area contributed by atoms with Gasteiger partial charge < -0.3 is 4.74 Å². The van der Waals surface area contributed by atoms with Crippen LogP contribution >= 0.6 is 0 Å². The third-order valence-electron chi connectivity index (χ3n) is 5.10. The zero-order chi connectivity index (χ0) is 15.5. The monoisotopic (exact) mass is 300 g/mol. The summed E-state index contributed by atoms with van der Waals surface area (Å²) in [5, 5.41) is 0. The van der Waals surface area contributed by atoms with E-state index in [-0.39, 0.29) is 0 Å². The van der Waals surface area contributed by atoms with Gasteiger partial charge in [0.1, 0.15) is 5.83 Å². The van der Waals surface area contributed by atoms with Crippen LogP contribution in [0.1, 0.15) is 78.1 Å². The molecule has 1 fully saturated rings. The normalized spacial score (nSPS) is 31.6. The molecule has 0 amide bonds. The first-order chi connectivity index (χ1) is 9.99. The summed E-state index contributed by atoms with van der Waals surface area (Å²) in [5.74, 6) is -1.85. The fourth-order valence-corrected chi connectivity index (χ4v) is 3.78. The van der Waals surface area contributed by atoms with E-state index < -0.39 is 28.6 Å². The molecular formula is C17H26F2O2. The highest BCUT2D eigenvalue weighted by atomic mass is 19.2. The van der Waals surface area contributed by atoms with Gasteiger partial charge >= 0.3 is 5.97 Å². The Balaban J connectivity index is 2.09. The van der Waals surface area contributed by atoms with Crippen molar-refractivity contribution in [1.29, 1.82) is 0 Å². The van der Waals surface area contributed by atoms with E-state index in [1.165, 1.54) is 0 Å². The molecule has 0 unspecified atom stereocenters. The summed E-state index contributed by atoms with van der Waals surface area (Å²) in [6.45, 7) is 4.04. The molecule has 3 aliphatic carbocycles. The van der Waals surface area contributed by atoms with Crippen LogP contribution in [-0.4, -0.2) is 11.6 Å². The van der Waals surface area contributed by atoms with E-state index in [0.717, 1.165) is 25.7 Å². The van der Waals surface area contributed by atoms with E-state index in [0.29, 0.717) is 38.5 Å². The molecule has 3 rings (SSSR count). The highest BCUT2D eigenvalue weighted by molar-refractivity contribution is 5.70. The van der Waals surface area contributed by atoms with Crippen molar-refractivity contribution in [2.24, 2.45) is 5.41 Å². The lowest BCUT2D eigenvalue weighted by molar-refractivity contribution is -0.167. The molecule has 1 saturated carbocycles. The minimum Gasteiger partial charge on any atom is -0.452 e. The van der Waals surface area contributed by atoms with Gasteiger partial charge in [-0.25, -0.2) is 8.78 Å². The van der Waals surface area contributed by atoms with Gasteiger partial charge in [0, 0.05) is 11.8 Å². The van der Waals surface area contributed by atoms with Crippen LogP contribution in [0.4, 0.5) is 8.78 Å². The Morgan fingerprint density at radius 3 is 2.29 bits per heavy atom. The first kappa shape index (κ1) is 16.4. The maximum atomic E-state index is 14.5. The molecule has 0 atom stereocenters. The van der Waals surface area contributed by atoms with E-state index in [2.05, 4.69) is 6.92 Å². The molecule has 4 heteroatoms. The number of ether oxygens (including phenoxy) is 1. The molecule has 0 saturated heterocycles. The maximum Gasteiger partial charge on any atom is 0.306 e. The Kier molecular flexibility index (Phi) is 5.05. The molecule has 0 heterocycles. The second-order valence-electron chi connectivity index (χ2n) is 6.58. The molecule has 3 aliphatic rings. The Hall–Kier alpha value is -0.930. The number of esters is 1. The molecule has 0 radical (unpaired) electrons. The summed E-state index contributed by atoms with van der Waals surface area (Å²) in [5.41, 5.74) is -1.93. The Labute approximate surface area is 125 Å². The summed E-state index contributed by atoms with van der Waals surface area (Å²) in [6, 6.07) is 0. The van der Waals surface area contributed by atoms with Crippen molar-refractivity contribution in [3.8, 4) is 0 Å². The van der Waals surface area contributed by atoms with Crippen LogP contribution in [0.5, 0.6) is 0 Å². The topological polar surface area (TPSA) is 26.3 Å². The van der Waals surface area contributed by atoms with E-state index in [4.69, 9.17) is 4.74 Å². The van der Waals surface area contributed by atoms with E-state index in [1.54, 1.807) is 0 Å². The van der Waals surface area contributed by atoms with Gasteiger partial charge in [0.25, 0.3) is 0 Å². The zero-order valence-corrected chi connectivity index (χ0v) is 13.1. The number of allylic oxidation sites excluding steroid dienone is 1. The molecule has 21 heavy (non-hydrogen) atoms. The summed E-state index contributed by atoms with van der Waals surface area (Å²) < 4.78 is 34.3. The number of hydrogen-bond donors (Lipinski definition) is 0. The van der Waals surface area contributed by atoms with Crippen molar-refractivity contribution in [3.05, 3.63) is 11.7 Å². The number of hydrogen-bond acceptors (Lipinski definition) is 2. The van der Waals surface area contributed by atoms with Crippen LogP contribution in [0.3, 0.4) is 0 Å². The van der Waals surface area contributed by atoms with Gasteiger partial charge in [0.15, 0.2) is 11.4 Å². The number of carbonyl (C=O) groups is 1. The Morgan fingerprint density at radius 2 is 1.71 bits per heavy atom. The molecule has 0 N–H and O–H groups in total. The number of halogens is 2. The van der Waals surface area contributed by atoms with Gasteiger partial charge in [0.05, 0.1) is 0 Å². The highest BCUT2D eigenvalue weighted by Gasteiger charge is 2.57. The molecule has 2 bridgehead atoms. The highest BCUT2D eigenvalue weighted by Crippen LogP contribution is 2.59. The first-order valence-electron chi connectivity index (χ1n) is 8.28. The fraction of sp³-hybridized carbons (Fsp3) is 0.824. The summed E-state index contributed by atoms with van der Waals surface area (Å²) in [7, 11) is 0. The Morgan fingerprint density at radius 1 is 1.05 bits per heavy atom. The molecule has 0 aromatic rings. The zero-order valence-electron chi connectivity index (χ0n) is 13.1. The van der Waals surface area contributed by atoms with Crippen LogP contribution in [-0.2, 0) is 9.53 Å². The van der Waals surface area contributed by atoms with Gasteiger partial charge in [-0.1, -0.05) is 33.1 Å². The molecular weight excluding hydrogens is 274 g/mol. The third-order valence-corrected chi connectivity index (χ3v) is 5.10. The second kappa shape index (κ2) is 6.45. The average molecular weight is 300 g/mol. The van der Waals surface area contributed by atoms with Crippen LogP contribution in [0.15, 0.2) is 11.7 Å². The fourth-order valence-electron chi connectivity index (χ4n) is 3.78. The summed E-state index contributed by atoms with van der Waals surface area (Å²) >= 11 is 0. The van der Waals surface area contributed by atoms with Crippen molar-refractivity contribution in [2.75, 3.05) is 0 Å².